The number of likely N-dealkylation sites (N-methyl/N-ethyl adjacent to an activating group) is 2. The highest BCUT2D eigenvalue weighted by molar-refractivity contribution is 7.16. The lowest BCUT2D eigenvalue weighted by Gasteiger charge is -2.23. The third-order valence-electron chi connectivity index (χ3n) is 2.81. The van der Waals surface area contributed by atoms with Gasteiger partial charge in [0.1, 0.15) is 5.52 Å². The lowest BCUT2D eigenvalue weighted by Crippen LogP contribution is -2.28. The monoisotopic (exact) mass is 250 g/mol. The molecule has 0 atom stereocenters. The van der Waals surface area contributed by atoms with Crippen molar-refractivity contribution in [3.8, 4) is 0 Å². The van der Waals surface area contributed by atoms with E-state index < -0.39 is 0 Å². The summed E-state index contributed by atoms with van der Waals surface area (Å²) in [4.78, 5) is 8.65. The Morgan fingerprint density at radius 2 is 2.00 bits per heavy atom. The van der Waals surface area contributed by atoms with Crippen LogP contribution < -0.4 is 10.6 Å². The van der Waals surface area contributed by atoms with Crippen LogP contribution in [0.3, 0.4) is 0 Å². The van der Waals surface area contributed by atoms with E-state index in [1.807, 2.05) is 5.51 Å². The summed E-state index contributed by atoms with van der Waals surface area (Å²) in [6.45, 7) is 1.96. The fourth-order valence-electron chi connectivity index (χ4n) is 1.74. The Morgan fingerprint density at radius 1 is 1.24 bits per heavy atom. The third-order valence-corrected chi connectivity index (χ3v) is 3.61. The van der Waals surface area contributed by atoms with Gasteiger partial charge in [0.25, 0.3) is 0 Å². The molecule has 0 bridgehead atoms. The maximum atomic E-state index is 6.16. The summed E-state index contributed by atoms with van der Waals surface area (Å²) in [5.74, 6) is 0. The highest BCUT2D eigenvalue weighted by Gasteiger charge is 2.10. The van der Waals surface area contributed by atoms with E-state index in [1.165, 1.54) is 0 Å². The highest BCUT2D eigenvalue weighted by atomic mass is 32.1. The van der Waals surface area contributed by atoms with Gasteiger partial charge in [-0.25, -0.2) is 4.98 Å². The Bertz CT molecular complexity index is 506. The van der Waals surface area contributed by atoms with E-state index in [0.29, 0.717) is 0 Å². The molecular formula is C12H18N4S. The Hall–Kier alpha value is -1.33. The number of nitrogen functional groups attached to an aromatic ring is 1. The number of fused-ring (bicyclic) bond motifs is 1. The molecule has 92 valence electrons. The van der Waals surface area contributed by atoms with Crippen LogP contribution in [0.4, 0.5) is 11.4 Å². The van der Waals surface area contributed by atoms with Crippen molar-refractivity contribution < 1.29 is 0 Å². The second-order valence-corrected chi connectivity index (χ2v) is 5.31. The second kappa shape index (κ2) is 4.89. The Balaban J connectivity index is 2.25. The summed E-state index contributed by atoms with van der Waals surface area (Å²) in [6.07, 6.45) is 0. The van der Waals surface area contributed by atoms with Gasteiger partial charge in [0.2, 0.25) is 0 Å². The lowest BCUT2D eigenvalue weighted by atomic mass is 10.2. The molecule has 0 unspecified atom stereocenters. The van der Waals surface area contributed by atoms with Crippen molar-refractivity contribution in [1.82, 2.24) is 9.88 Å². The number of aromatic nitrogens is 1. The van der Waals surface area contributed by atoms with Gasteiger partial charge in [-0.2, -0.15) is 0 Å². The first kappa shape index (κ1) is 12.1. The predicted octanol–water partition coefficient (Wildman–Crippen LogP) is 1.88. The van der Waals surface area contributed by atoms with Crippen molar-refractivity contribution in [2.75, 3.05) is 44.9 Å². The molecule has 4 nitrogen and oxygen atoms in total. The zero-order chi connectivity index (χ0) is 12.4. The van der Waals surface area contributed by atoms with E-state index in [9.17, 15) is 0 Å². The standard InChI is InChI=1S/C12H18N4S/c1-15(2)6-7-16(3)9-4-5-10-12(11(9)13)14-8-17-10/h4-5,8H,6-7,13H2,1-3H3. The van der Waals surface area contributed by atoms with Crippen LogP contribution in [0.25, 0.3) is 10.2 Å². The van der Waals surface area contributed by atoms with Gasteiger partial charge in [0.05, 0.1) is 21.6 Å². The van der Waals surface area contributed by atoms with Gasteiger partial charge in [-0.15, -0.1) is 11.3 Å². The van der Waals surface area contributed by atoms with E-state index in [1.54, 1.807) is 11.3 Å². The van der Waals surface area contributed by atoms with E-state index >= 15 is 0 Å². The summed E-state index contributed by atoms with van der Waals surface area (Å²) < 4.78 is 1.15. The third kappa shape index (κ3) is 2.50. The van der Waals surface area contributed by atoms with Crippen molar-refractivity contribution in [3.63, 3.8) is 0 Å². The first-order valence-electron chi connectivity index (χ1n) is 5.57. The quantitative estimate of drug-likeness (QED) is 0.842. The number of nitrogens with zero attached hydrogens (tertiary/aromatic N) is 3. The van der Waals surface area contributed by atoms with Crippen LogP contribution in [0, 0.1) is 0 Å². The predicted molar refractivity (Wildman–Crippen MR) is 75.9 cm³/mol. The lowest BCUT2D eigenvalue weighted by molar-refractivity contribution is 0.416. The average Bonchev–Trinajstić information content (AvgIpc) is 2.75. The van der Waals surface area contributed by atoms with Crippen LogP contribution in [0.15, 0.2) is 17.6 Å². The maximum Gasteiger partial charge on any atom is 0.106 e. The molecule has 0 radical (unpaired) electrons. The molecular weight excluding hydrogens is 232 g/mol. The van der Waals surface area contributed by atoms with Gasteiger partial charge in [-0.1, -0.05) is 0 Å². The molecule has 0 aliphatic rings. The Kier molecular flexibility index (Phi) is 3.49. The second-order valence-electron chi connectivity index (χ2n) is 4.42. The molecule has 5 heteroatoms. The normalized spacial score (nSPS) is 11.3. The summed E-state index contributed by atoms with van der Waals surface area (Å²) >= 11 is 1.62. The molecule has 1 aromatic carbocycles. The van der Waals surface area contributed by atoms with Crippen LogP contribution in [0.1, 0.15) is 0 Å². The molecule has 0 fully saturated rings. The van der Waals surface area contributed by atoms with Gasteiger partial charge in [0.15, 0.2) is 0 Å². The first-order chi connectivity index (χ1) is 8.09. The van der Waals surface area contributed by atoms with Gasteiger partial charge in [-0.3, -0.25) is 0 Å². The maximum absolute atomic E-state index is 6.16. The van der Waals surface area contributed by atoms with Crippen molar-refractivity contribution in [2.24, 2.45) is 0 Å². The molecule has 0 amide bonds. The van der Waals surface area contributed by atoms with Crippen LogP contribution in [-0.4, -0.2) is 44.1 Å². The zero-order valence-corrected chi connectivity index (χ0v) is 11.3. The number of nitrogens with two attached hydrogens (primary N) is 1. The number of thiazole rings is 1. The SMILES string of the molecule is CN(C)CCN(C)c1ccc2scnc2c1N. The summed E-state index contributed by atoms with van der Waals surface area (Å²) in [5.41, 5.74) is 10.8. The minimum atomic E-state index is 0.782. The molecule has 2 aromatic rings. The highest BCUT2D eigenvalue weighted by Crippen LogP contribution is 2.31. The van der Waals surface area contributed by atoms with E-state index in [2.05, 4.69) is 48.1 Å². The van der Waals surface area contributed by atoms with Gasteiger partial charge in [0, 0.05) is 20.1 Å². The topological polar surface area (TPSA) is 45.4 Å². The molecule has 2 rings (SSSR count). The molecule has 2 N–H and O–H groups in total. The van der Waals surface area contributed by atoms with Crippen molar-refractivity contribution >= 4 is 32.9 Å². The Labute approximate surface area is 106 Å². The largest absolute Gasteiger partial charge is 0.395 e. The first-order valence-corrected chi connectivity index (χ1v) is 6.45. The molecule has 0 saturated heterocycles. The number of hydrogen-bond acceptors (Lipinski definition) is 5. The average molecular weight is 250 g/mol. The van der Waals surface area contributed by atoms with Crippen molar-refractivity contribution in [2.45, 2.75) is 0 Å². The summed E-state index contributed by atoms with van der Waals surface area (Å²) in [5, 5.41) is 0. The van der Waals surface area contributed by atoms with Crippen LogP contribution in [0.2, 0.25) is 0 Å². The molecule has 0 saturated carbocycles. The summed E-state index contributed by atoms with van der Waals surface area (Å²) in [6, 6.07) is 4.16. The Morgan fingerprint density at radius 3 is 2.71 bits per heavy atom. The zero-order valence-electron chi connectivity index (χ0n) is 10.5. The fraction of sp³-hybridized carbons (Fsp3) is 0.417. The van der Waals surface area contributed by atoms with E-state index in [4.69, 9.17) is 5.73 Å². The minimum Gasteiger partial charge on any atom is -0.395 e. The van der Waals surface area contributed by atoms with Gasteiger partial charge >= 0.3 is 0 Å². The van der Waals surface area contributed by atoms with Gasteiger partial charge < -0.3 is 15.5 Å². The molecule has 1 heterocycles. The van der Waals surface area contributed by atoms with Gasteiger partial charge in [-0.05, 0) is 26.2 Å². The number of anilines is 2. The molecule has 1 aromatic heterocycles. The molecule has 0 aliphatic heterocycles. The number of rotatable bonds is 4. The van der Waals surface area contributed by atoms with E-state index in [-0.39, 0.29) is 0 Å². The summed E-state index contributed by atoms with van der Waals surface area (Å²) in [7, 11) is 6.20. The van der Waals surface area contributed by atoms with E-state index in [0.717, 1.165) is 34.7 Å². The van der Waals surface area contributed by atoms with Crippen LogP contribution in [-0.2, 0) is 0 Å². The van der Waals surface area contributed by atoms with Crippen molar-refractivity contribution in [1.29, 1.82) is 0 Å². The number of hydrogen-bond donors (Lipinski definition) is 1. The number of benzene rings is 1. The minimum absolute atomic E-state index is 0.782. The van der Waals surface area contributed by atoms with Crippen molar-refractivity contribution in [3.05, 3.63) is 17.6 Å². The van der Waals surface area contributed by atoms with Crippen LogP contribution >= 0.6 is 11.3 Å². The molecule has 0 aliphatic carbocycles. The molecule has 17 heavy (non-hydrogen) atoms. The fourth-order valence-corrected chi connectivity index (χ4v) is 2.44. The smallest absolute Gasteiger partial charge is 0.106 e. The molecule has 0 spiro atoms. The van der Waals surface area contributed by atoms with Crippen LogP contribution in [0.5, 0.6) is 0 Å².